The maximum atomic E-state index is 14.0. The summed E-state index contributed by atoms with van der Waals surface area (Å²) in [7, 11) is 5.14. The van der Waals surface area contributed by atoms with Gasteiger partial charge in [0.2, 0.25) is 0 Å². The quantitative estimate of drug-likeness (QED) is 0.345. The standard InChI is InChI=1S/C30H33N5O5/c1-21(28-31-25-13-9-8-12-24(25)29(36)35(28)33-18-16-32(2)17-19-33)34(30(37)40-22-10-6-5-7-11-22)26-15-14-23(38-3)20-27(26)39-4/h5-15,20-21H,16-19H2,1-4H3. The largest absolute Gasteiger partial charge is 0.497 e. The third-order valence-corrected chi connectivity index (χ3v) is 7.09. The van der Waals surface area contributed by atoms with E-state index in [0.717, 1.165) is 13.1 Å². The van der Waals surface area contributed by atoms with Crippen molar-refractivity contribution in [3.8, 4) is 17.2 Å². The molecule has 2 heterocycles. The lowest BCUT2D eigenvalue weighted by Gasteiger charge is -2.38. The number of likely N-dealkylation sites (N-methyl/N-ethyl adjacent to an activating group) is 1. The van der Waals surface area contributed by atoms with Gasteiger partial charge in [-0.3, -0.25) is 9.69 Å². The van der Waals surface area contributed by atoms with Crippen molar-refractivity contribution in [1.82, 2.24) is 14.6 Å². The zero-order valence-electron chi connectivity index (χ0n) is 23.1. The number of ether oxygens (including phenoxy) is 3. The van der Waals surface area contributed by atoms with Crippen molar-refractivity contribution in [3.05, 3.63) is 89.0 Å². The van der Waals surface area contributed by atoms with Gasteiger partial charge in [0.1, 0.15) is 17.2 Å². The number of carbonyl (C=O) groups is 1. The number of amides is 1. The van der Waals surface area contributed by atoms with Gasteiger partial charge in [-0.1, -0.05) is 30.3 Å². The minimum absolute atomic E-state index is 0.185. The summed E-state index contributed by atoms with van der Waals surface area (Å²) in [5.74, 6) is 1.78. The van der Waals surface area contributed by atoms with E-state index in [9.17, 15) is 9.59 Å². The van der Waals surface area contributed by atoms with Crippen LogP contribution < -0.4 is 29.7 Å². The Morgan fingerprint density at radius 2 is 1.60 bits per heavy atom. The average Bonchev–Trinajstić information content (AvgIpc) is 2.98. The van der Waals surface area contributed by atoms with E-state index in [1.165, 1.54) is 12.0 Å². The second-order valence-corrected chi connectivity index (χ2v) is 9.63. The predicted molar refractivity (Wildman–Crippen MR) is 154 cm³/mol. The maximum absolute atomic E-state index is 14.0. The number of para-hydroxylation sites is 2. The van der Waals surface area contributed by atoms with Crippen LogP contribution in [0.15, 0.2) is 77.6 Å². The fourth-order valence-corrected chi connectivity index (χ4v) is 4.88. The molecule has 1 aromatic heterocycles. The number of benzene rings is 3. The molecule has 0 spiro atoms. The number of fused-ring (bicyclic) bond motifs is 1. The number of hydrogen-bond donors (Lipinski definition) is 0. The van der Waals surface area contributed by atoms with Gasteiger partial charge >= 0.3 is 6.09 Å². The molecule has 1 atom stereocenters. The van der Waals surface area contributed by atoms with Gasteiger partial charge in [-0.05, 0) is 50.4 Å². The number of rotatable bonds is 7. The van der Waals surface area contributed by atoms with E-state index < -0.39 is 12.1 Å². The van der Waals surface area contributed by atoms with Crippen molar-refractivity contribution >= 4 is 22.7 Å². The number of anilines is 1. The van der Waals surface area contributed by atoms with Crippen LogP contribution in [-0.2, 0) is 0 Å². The van der Waals surface area contributed by atoms with Gasteiger partial charge < -0.3 is 24.1 Å². The number of methoxy groups -OCH3 is 2. The Hall–Kier alpha value is -4.57. The van der Waals surface area contributed by atoms with E-state index in [4.69, 9.17) is 19.2 Å². The molecule has 1 fully saturated rings. The van der Waals surface area contributed by atoms with Gasteiger partial charge in [0, 0.05) is 32.2 Å². The molecule has 10 nitrogen and oxygen atoms in total. The molecule has 40 heavy (non-hydrogen) atoms. The molecular weight excluding hydrogens is 510 g/mol. The predicted octanol–water partition coefficient (Wildman–Crippen LogP) is 4.06. The van der Waals surface area contributed by atoms with Crippen molar-refractivity contribution in [3.63, 3.8) is 0 Å². The van der Waals surface area contributed by atoms with Crippen LogP contribution in [0, 0.1) is 0 Å². The Bertz CT molecular complexity index is 1550. The highest BCUT2D eigenvalue weighted by Gasteiger charge is 2.33. The van der Waals surface area contributed by atoms with Crippen LogP contribution in [0.25, 0.3) is 10.9 Å². The van der Waals surface area contributed by atoms with E-state index in [1.54, 1.807) is 60.3 Å². The Balaban J connectivity index is 1.68. The van der Waals surface area contributed by atoms with Crippen LogP contribution in [0.5, 0.6) is 17.2 Å². The first-order chi connectivity index (χ1) is 19.4. The summed E-state index contributed by atoms with van der Waals surface area (Å²) in [6.45, 7) is 4.68. The van der Waals surface area contributed by atoms with Crippen LogP contribution in [0.2, 0.25) is 0 Å². The molecular formula is C30H33N5O5. The molecule has 10 heteroatoms. The topological polar surface area (TPSA) is 89.4 Å². The van der Waals surface area contributed by atoms with E-state index in [0.29, 0.717) is 52.8 Å². The Kier molecular flexibility index (Phi) is 7.88. The molecule has 0 N–H and O–H groups in total. The molecule has 1 unspecified atom stereocenters. The van der Waals surface area contributed by atoms with Crippen LogP contribution in [-0.4, -0.2) is 68.1 Å². The highest BCUT2D eigenvalue weighted by Crippen LogP contribution is 2.37. The van der Waals surface area contributed by atoms with Crippen molar-refractivity contribution in [2.45, 2.75) is 13.0 Å². The molecule has 208 valence electrons. The highest BCUT2D eigenvalue weighted by molar-refractivity contribution is 5.92. The summed E-state index contributed by atoms with van der Waals surface area (Å²) in [6, 6.07) is 20.6. The molecule has 0 saturated carbocycles. The zero-order chi connectivity index (χ0) is 28.2. The minimum Gasteiger partial charge on any atom is -0.497 e. The molecule has 1 amide bonds. The summed E-state index contributed by atoms with van der Waals surface area (Å²) in [6.07, 6.45) is -0.644. The molecule has 4 aromatic rings. The summed E-state index contributed by atoms with van der Waals surface area (Å²) < 4.78 is 18.5. The molecule has 5 rings (SSSR count). The lowest BCUT2D eigenvalue weighted by atomic mass is 10.1. The highest BCUT2D eigenvalue weighted by atomic mass is 16.6. The second-order valence-electron chi connectivity index (χ2n) is 9.63. The van der Waals surface area contributed by atoms with E-state index in [1.807, 2.05) is 36.2 Å². The van der Waals surface area contributed by atoms with Crippen LogP contribution in [0.4, 0.5) is 10.5 Å². The number of piperazine rings is 1. The third-order valence-electron chi connectivity index (χ3n) is 7.09. The summed E-state index contributed by atoms with van der Waals surface area (Å²) in [4.78, 5) is 36.5. The molecule has 1 aliphatic rings. The Morgan fingerprint density at radius 1 is 0.900 bits per heavy atom. The summed E-state index contributed by atoms with van der Waals surface area (Å²) in [5.41, 5.74) is 0.817. The maximum Gasteiger partial charge on any atom is 0.420 e. The summed E-state index contributed by atoms with van der Waals surface area (Å²) >= 11 is 0. The van der Waals surface area contributed by atoms with Gasteiger partial charge in [0.05, 0.1) is 36.9 Å². The van der Waals surface area contributed by atoms with Crippen LogP contribution in [0.3, 0.4) is 0 Å². The van der Waals surface area contributed by atoms with Gasteiger partial charge in [0.15, 0.2) is 5.82 Å². The smallest absolute Gasteiger partial charge is 0.420 e. The monoisotopic (exact) mass is 543 g/mol. The van der Waals surface area contributed by atoms with E-state index in [-0.39, 0.29) is 5.56 Å². The van der Waals surface area contributed by atoms with Crippen molar-refractivity contribution in [2.75, 3.05) is 57.4 Å². The lowest BCUT2D eigenvalue weighted by molar-refractivity contribution is 0.204. The number of nitrogens with zero attached hydrogens (tertiary/aromatic N) is 5. The van der Waals surface area contributed by atoms with Gasteiger partial charge in [-0.2, -0.15) is 0 Å². The molecule has 0 aliphatic carbocycles. The second kappa shape index (κ2) is 11.7. The van der Waals surface area contributed by atoms with Crippen molar-refractivity contribution in [1.29, 1.82) is 0 Å². The van der Waals surface area contributed by atoms with Gasteiger partial charge in [-0.25, -0.2) is 14.5 Å². The first-order valence-corrected chi connectivity index (χ1v) is 13.1. The van der Waals surface area contributed by atoms with E-state index >= 15 is 0 Å². The molecule has 0 bridgehead atoms. The van der Waals surface area contributed by atoms with Gasteiger partial charge in [0.25, 0.3) is 5.56 Å². The van der Waals surface area contributed by atoms with Crippen molar-refractivity contribution < 1.29 is 19.0 Å². The first kappa shape index (κ1) is 27.0. The Morgan fingerprint density at radius 3 is 2.30 bits per heavy atom. The third kappa shape index (κ3) is 5.30. The number of hydrogen-bond acceptors (Lipinski definition) is 8. The lowest BCUT2D eigenvalue weighted by Crippen LogP contribution is -2.55. The normalized spacial score (nSPS) is 14.6. The molecule has 0 radical (unpaired) electrons. The molecule has 3 aromatic carbocycles. The molecule has 1 saturated heterocycles. The van der Waals surface area contributed by atoms with Crippen LogP contribution >= 0.6 is 0 Å². The van der Waals surface area contributed by atoms with Crippen LogP contribution in [0.1, 0.15) is 18.8 Å². The SMILES string of the molecule is COc1ccc(N(C(=O)Oc2ccccc2)C(C)c2nc3ccccc3c(=O)n2N2CCN(C)CC2)c(OC)c1. The first-order valence-electron chi connectivity index (χ1n) is 13.1. The summed E-state index contributed by atoms with van der Waals surface area (Å²) in [5, 5.41) is 2.51. The fourth-order valence-electron chi connectivity index (χ4n) is 4.88. The van der Waals surface area contributed by atoms with Crippen molar-refractivity contribution in [2.24, 2.45) is 0 Å². The minimum atomic E-state index is -0.726. The van der Waals surface area contributed by atoms with Gasteiger partial charge in [-0.15, -0.1) is 0 Å². The zero-order valence-corrected chi connectivity index (χ0v) is 23.1. The Labute approximate surface area is 232 Å². The number of aromatic nitrogens is 2. The van der Waals surface area contributed by atoms with E-state index in [2.05, 4.69) is 11.9 Å². The average molecular weight is 544 g/mol. The number of carbonyl (C=O) groups excluding carboxylic acids is 1. The fraction of sp³-hybridized carbons (Fsp3) is 0.300. The molecule has 1 aliphatic heterocycles.